The molecule has 0 aromatic carbocycles. The summed E-state index contributed by atoms with van der Waals surface area (Å²) in [4.78, 5) is 5.32. The van der Waals surface area contributed by atoms with Crippen LogP contribution < -0.4 is 5.73 Å². The maximum atomic E-state index is 5.55. The number of thiophene rings is 1. The summed E-state index contributed by atoms with van der Waals surface area (Å²) < 4.78 is 6.31. The van der Waals surface area contributed by atoms with Crippen LogP contribution in [0, 0.1) is 6.92 Å². The van der Waals surface area contributed by atoms with Crippen LogP contribution in [0.15, 0.2) is 14.4 Å². The zero-order valence-electron chi connectivity index (χ0n) is 9.03. The van der Waals surface area contributed by atoms with Crippen LogP contribution in [0.25, 0.3) is 10.8 Å². The molecule has 0 aliphatic carbocycles. The van der Waals surface area contributed by atoms with Crippen molar-refractivity contribution >= 4 is 27.3 Å². The smallest absolute Gasteiger partial charge is 0.268 e. The lowest BCUT2D eigenvalue weighted by atomic mass is 10.2. The minimum absolute atomic E-state index is 0.127. The van der Waals surface area contributed by atoms with E-state index in [9.17, 15) is 0 Å². The summed E-state index contributed by atoms with van der Waals surface area (Å²) in [6.45, 7) is 4.53. The number of hydrogen-bond acceptors (Lipinski definition) is 5. The van der Waals surface area contributed by atoms with Gasteiger partial charge in [-0.25, -0.2) is 0 Å². The number of nitrogens with zero attached hydrogens (tertiary/aromatic N) is 2. The van der Waals surface area contributed by atoms with Crippen LogP contribution in [-0.4, -0.2) is 16.7 Å². The van der Waals surface area contributed by atoms with Gasteiger partial charge in [-0.2, -0.15) is 4.98 Å². The van der Waals surface area contributed by atoms with Gasteiger partial charge in [-0.1, -0.05) is 12.1 Å². The van der Waals surface area contributed by atoms with E-state index in [1.54, 1.807) is 11.3 Å². The van der Waals surface area contributed by atoms with E-state index in [1.807, 2.05) is 19.9 Å². The van der Waals surface area contributed by atoms with Gasteiger partial charge in [0.1, 0.15) is 0 Å². The highest BCUT2D eigenvalue weighted by Gasteiger charge is 2.15. The number of hydrogen-bond donors (Lipinski definition) is 1. The molecule has 86 valence electrons. The predicted octanol–water partition coefficient (Wildman–Crippen LogP) is 2.93. The van der Waals surface area contributed by atoms with Gasteiger partial charge in [-0.05, 0) is 34.5 Å². The first-order valence-electron chi connectivity index (χ1n) is 4.91. The van der Waals surface area contributed by atoms with Crippen molar-refractivity contribution in [3.05, 3.63) is 21.2 Å². The molecule has 0 bridgehead atoms. The average molecular weight is 302 g/mol. The summed E-state index contributed by atoms with van der Waals surface area (Å²) in [5, 5.41) is 3.93. The van der Waals surface area contributed by atoms with E-state index in [0.29, 0.717) is 18.3 Å². The summed E-state index contributed by atoms with van der Waals surface area (Å²) >= 11 is 5.06. The van der Waals surface area contributed by atoms with Gasteiger partial charge in [0.25, 0.3) is 5.89 Å². The van der Waals surface area contributed by atoms with Crippen molar-refractivity contribution in [2.75, 3.05) is 6.54 Å². The maximum Gasteiger partial charge on any atom is 0.268 e. The fourth-order valence-corrected chi connectivity index (χ4v) is 2.66. The fourth-order valence-electron chi connectivity index (χ4n) is 1.21. The molecule has 2 rings (SSSR count). The lowest BCUT2D eigenvalue weighted by molar-refractivity contribution is 0.418. The SMILES string of the molecule is Cc1cc(-c2nc(C(C)CN)no2)sc1Br. The van der Waals surface area contributed by atoms with Gasteiger partial charge >= 0.3 is 0 Å². The molecule has 0 fully saturated rings. The van der Waals surface area contributed by atoms with Gasteiger partial charge in [0, 0.05) is 12.5 Å². The van der Waals surface area contributed by atoms with Crippen molar-refractivity contribution in [3.8, 4) is 10.8 Å². The Bertz CT molecular complexity index is 474. The largest absolute Gasteiger partial charge is 0.333 e. The first-order chi connectivity index (χ1) is 7.61. The summed E-state index contributed by atoms with van der Waals surface area (Å²) in [6, 6.07) is 2.03. The quantitative estimate of drug-likeness (QED) is 0.946. The van der Waals surface area contributed by atoms with E-state index in [0.717, 1.165) is 8.66 Å². The van der Waals surface area contributed by atoms with E-state index in [2.05, 4.69) is 26.1 Å². The molecule has 1 unspecified atom stereocenters. The number of nitrogens with two attached hydrogens (primary N) is 1. The Morgan fingerprint density at radius 2 is 2.38 bits per heavy atom. The molecular weight excluding hydrogens is 290 g/mol. The highest BCUT2D eigenvalue weighted by Crippen LogP contribution is 2.34. The van der Waals surface area contributed by atoms with E-state index in [4.69, 9.17) is 10.3 Å². The Labute approximate surface area is 106 Å². The zero-order chi connectivity index (χ0) is 11.7. The maximum absolute atomic E-state index is 5.55. The monoisotopic (exact) mass is 301 g/mol. The summed E-state index contributed by atoms with van der Waals surface area (Å²) in [5.41, 5.74) is 6.73. The van der Waals surface area contributed by atoms with E-state index < -0.39 is 0 Å². The molecule has 0 aliphatic heterocycles. The van der Waals surface area contributed by atoms with Gasteiger partial charge < -0.3 is 10.3 Å². The van der Waals surface area contributed by atoms with Crippen LogP contribution in [-0.2, 0) is 0 Å². The molecule has 2 aromatic rings. The molecule has 0 amide bonds. The zero-order valence-corrected chi connectivity index (χ0v) is 11.4. The number of rotatable bonds is 3. The summed E-state index contributed by atoms with van der Waals surface area (Å²) in [5.74, 6) is 1.36. The molecule has 0 spiro atoms. The lowest BCUT2D eigenvalue weighted by Gasteiger charge is -1.98. The second-order valence-electron chi connectivity index (χ2n) is 3.66. The topological polar surface area (TPSA) is 64.9 Å². The van der Waals surface area contributed by atoms with E-state index in [1.165, 1.54) is 5.56 Å². The molecule has 0 saturated heterocycles. The third kappa shape index (κ3) is 2.18. The fraction of sp³-hybridized carbons (Fsp3) is 0.400. The standard InChI is InChI=1S/C10H12BrN3OS/c1-5-3-7(16-8(5)11)10-13-9(14-15-10)6(2)4-12/h3,6H,4,12H2,1-2H3. The molecule has 2 N–H and O–H groups in total. The normalized spacial score (nSPS) is 13.0. The van der Waals surface area contributed by atoms with Crippen LogP contribution in [0.4, 0.5) is 0 Å². The van der Waals surface area contributed by atoms with Crippen molar-refractivity contribution in [3.63, 3.8) is 0 Å². The lowest BCUT2D eigenvalue weighted by Crippen LogP contribution is -2.10. The van der Waals surface area contributed by atoms with Crippen molar-refractivity contribution in [2.24, 2.45) is 5.73 Å². The molecule has 2 heterocycles. The first kappa shape index (κ1) is 11.8. The molecular formula is C10H12BrN3OS. The van der Waals surface area contributed by atoms with Crippen LogP contribution in [0.5, 0.6) is 0 Å². The Hall–Kier alpha value is -0.720. The molecule has 0 saturated carbocycles. The highest BCUT2D eigenvalue weighted by molar-refractivity contribution is 9.11. The van der Waals surface area contributed by atoms with Crippen molar-refractivity contribution < 1.29 is 4.52 Å². The molecule has 0 aliphatic rings. The number of halogens is 1. The number of aryl methyl sites for hydroxylation is 1. The first-order valence-corrected chi connectivity index (χ1v) is 6.52. The van der Waals surface area contributed by atoms with Crippen LogP contribution in [0.1, 0.15) is 24.2 Å². The molecule has 6 heteroatoms. The third-order valence-electron chi connectivity index (χ3n) is 2.30. The van der Waals surface area contributed by atoms with Crippen molar-refractivity contribution in [1.82, 2.24) is 10.1 Å². The minimum atomic E-state index is 0.127. The Morgan fingerprint density at radius 1 is 1.62 bits per heavy atom. The van der Waals surface area contributed by atoms with Crippen LogP contribution in [0.2, 0.25) is 0 Å². The Morgan fingerprint density at radius 3 is 2.94 bits per heavy atom. The third-order valence-corrected chi connectivity index (χ3v) is 4.43. The molecule has 2 aromatic heterocycles. The Kier molecular flexibility index (Phi) is 3.41. The van der Waals surface area contributed by atoms with Gasteiger partial charge in [0.05, 0.1) is 8.66 Å². The second-order valence-corrected chi connectivity index (χ2v) is 6.03. The molecule has 4 nitrogen and oxygen atoms in total. The van der Waals surface area contributed by atoms with Gasteiger partial charge in [0.15, 0.2) is 5.82 Å². The van der Waals surface area contributed by atoms with Gasteiger partial charge in [-0.3, -0.25) is 0 Å². The van der Waals surface area contributed by atoms with E-state index >= 15 is 0 Å². The Balaban J connectivity index is 2.31. The van der Waals surface area contributed by atoms with Crippen molar-refractivity contribution in [1.29, 1.82) is 0 Å². The van der Waals surface area contributed by atoms with Crippen molar-refractivity contribution in [2.45, 2.75) is 19.8 Å². The molecule has 1 atom stereocenters. The number of aromatic nitrogens is 2. The predicted molar refractivity (Wildman–Crippen MR) is 67.5 cm³/mol. The molecule has 0 radical (unpaired) electrons. The van der Waals surface area contributed by atoms with Crippen LogP contribution in [0.3, 0.4) is 0 Å². The van der Waals surface area contributed by atoms with Gasteiger partial charge in [-0.15, -0.1) is 11.3 Å². The summed E-state index contributed by atoms with van der Waals surface area (Å²) in [6.07, 6.45) is 0. The average Bonchev–Trinajstić information content (AvgIpc) is 2.86. The summed E-state index contributed by atoms with van der Waals surface area (Å²) in [7, 11) is 0. The highest BCUT2D eigenvalue weighted by atomic mass is 79.9. The van der Waals surface area contributed by atoms with Crippen LogP contribution >= 0.6 is 27.3 Å². The van der Waals surface area contributed by atoms with Gasteiger partial charge in [0.2, 0.25) is 0 Å². The molecule has 16 heavy (non-hydrogen) atoms. The second kappa shape index (κ2) is 4.65. The minimum Gasteiger partial charge on any atom is -0.333 e. The van der Waals surface area contributed by atoms with E-state index in [-0.39, 0.29) is 5.92 Å².